The number of carbonyl (C=O) groups excluding carboxylic acids is 3. The molecule has 3 N–H and O–H groups in total. The van der Waals surface area contributed by atoms with E-state index < -0.39 is 28.7 Å². The molecule has 0 fully saturated rings. The van der Waals surface area contributed by atoms with Crippen molar-refractivity contribution in [3.8, 4) is 0 Å². The summed E-state index contributed by atoms with van der Waals surface area (Å²) in [5, 5.41) is 20.5. The van der Waals surface area contributed by atoms with Gasteiger partial charge in [0.2, 0.25) is 5.91 Å². The maximum Gasteiger partial charge on any atom is 0.269 e. The van der Waals surface area contributed by atoms with E-state index in [1.165, 1.54) is 37.3 Å². The van der Waals surface area contributed by atoms with Crippen LogP contribution in [0.2, 0.25) is 0 Å². The smallest absolute Gasteiger partial charge is 0.269 e. The molecule has 0 aliphatic rings. The maximum atomic E-state index is 13.3. The van der Waals surface area contributed by atoms with Crippen molar-refractivity contribution >= 4 is 45.9 Å². The standard InChI is InChI=1S/C29H24N4O5/c1-19(27(34)31-22-10-3-2-4-11-22)30-29(36)26(18-20-14-16-23(17-15-20)33(37)38)32-28(35)25-13-7-9-21-8-5-6-12-24(21)25/h2-19H,1H3,(H,30,36)(H,31,34)(H,32,35)/b26-18+. The first kappa shape index (κ1) is 25.8. The van der Waals surface area contributed by atoms with Gasteiger partial charge in [0.25, 0.3) is 17.5 Å². The summed E-state index contributed by atoms with van der Waals surface area (Å²) in [4.78, 5) is 49.6. The van der Waals surface area contributed by atoms with Crippen molar-refractivity contribution in [3.63, 3.8) is 0 Å². The van der Waals surface area contributed by atoms with Gasteiger partial charge < -0.3 is 16.0 Å². The van der Waals surface area contributed by atoms with Crippen molar-refractivity contribution in [1.29, 1.82) is 0 Å². The Kier molecular flexibility index (Phi) is 7.88. The second-order valence-corrected chi connectivity index (χ2v) is 8.44. The zero-order valence-corrected chi connectivity index (χ0v) is 20.4. The minimum absolute atomic E-state index is 0.112. The van der Waals surface area contributed by atoms with Gasteiger partial charge >= 0.3 is 0 Å². The predicted molar refractivity (Wildman–Crippen MR) is 145 cm³/mol. The molecule has 0 heterocycles. The molecule has 0 radical (unpaired) electrons. The van der Waals surface area contributed by atoms with Crippen molar-refractivity contribution < 1.29 is 19.3 Å². The summed E-state index contributed by atoms with van der Waals surface area (Å²) in [5.74, 6) is -1.67. The Morgan fingerprint density at radius 1 is 0.842 bits per heavy atom. The number of nitrogens with one attached hydrogen (secondary N) is 3. The first-order valence-electron chi connectivity index (χ1n) is 11.7. The highest BCUT2D eigenvalue weighted by molar-refractivity contribution is 6.11. The molecule has 3 amide bonds. The van der Waals surface area contributed by atoms with Gasteiger partial charge in [0.1, 0.15) is 11.7 Å². The summed E-state index contributed by atoms with van der Waals surface area (Å²) in [6.07, 6.45) is 1.39. The Hall–Kier alpha value is -5.31. The average molecular weight is 509 g/mol. The van der Waals surface area contributed by atoms with Crippen LogP contribution in [0.4, 0.5) is 11.4 Å². The fourth-order valence-corrected chi connectivity index (χ4v) is 3.74. The molecular weight excluding hydrogens is 484 g/mol. The Bertz CT molecular complexity index is 1530. The first-order valence-corrected chi connectivity index (χ1v) is 11.7. The lowest BCUT2D eigenvalue weighted by atomic mass is 10.0. The highest BCUT2D eigenvalue weighted by atomic mass is 16.6. The number of amides is 3. The van der Waals surface area contributed by atoms with Crippen LogP contribution < -0.4 is 16.0 Å². The number of hydrogen-bond acceptors (Lipinski definition) is 5. The van der Waals surface area contributed by atoms with Gasteiger partial charge in [0.05, 0.1) is 4.92 Å². The molecule has 4 rings (SSSR count). The van der Waals surface area contributed by atoms with E-state index in [1.54, 1.807) is 42.5 Å². The molecule has 1 atom stereocenters. The number of nitro benzene ring substituents is 1. The summed E-state index contributed by atoms with van der Waals surface area (Å²) in [5.41, 5.74) is 1.14. The van der Waals surface area contributed by atoms with Crippen LogP contribution in [0.3, 0.4) is 0 Å². The summed E-state index contributed by atoms with van der Waals surface area (Å²) in [7, 11) is 0. The van der Waals surface area contributed by atoms with E-state index in [1.807, 2.05) is 30.3 Å². The first-order chi connectivity index (χ1) is 18.3. The lowest BCUT2D eigenvalue weighted by Gasteiger charge is -2.17. The van der Waals surface area contributed by atoms with Crippen molar-refractivity contribution in [2.45, 2.75) is 13.0 Å². The van der Waals surface area contributed by atoms with Gasteiger partial charge in [-0.15, -0.1) is 0 Å². The summed E-state index contributed by atoms with van der Waals surface area (Å²) >= 11 is 0. The fraction of sp³-hybridized carbons (Fsp3) is 0.0690. The van der Waals surface area contributed by atoms with Gasteiger partial charge in [0.15, 0.2) is 0 Å². The number of benzene rings is 4. The quantitative estimate of drug-likeness (QED) is 0.181. The molecule has 4 aromatic rings. The molecule has 0 aliphatic heterocycles. The van der Waals surface area contributed by atoms with E-state index in [2.05, 4.69) is 16.0 Å². The Balaban J connectivity index is 1.59. The molecule has 0 saturated carbocycles. The zero-order valence-electron chi connectivity index (χ0n) is 20.4. The molecule has 9 nitrogen and oxygen atoms in total. The molecule has 0 bridgehead atoms. The zero-order chi connectivity index (χ0) is 27.1. The third-order valence-corrected chi connectivity index (χ3v) is 5.72. The van der Waals surface area contributed by atoms with Gasteiger partial charge in [-0.2, -0.15) is 0 Å². The molecule has 38 heavy (non-hydrogen) atoms. The van der Waals surface area contributed by atoms with Crippen LogP contribution in [0.15, 0.2) is 103 Å². The summed E-state index contributed by atoms with van der Waals surface area (Å²) in [6.45, 7) is 1.52. The van der Waals surface area contributed by atoms with Crippen LogP contribution in [0, 0.1) is 10.1 Å². The number of rotatable bonds is 8. The number of non-ortho nitro benzene ring substituents is 1. The molecule has 190 valence electrons. The topological polar surface area (TPSA) is 130 Å². The second kappa shape index (κ2) is 11.6. The number of hydrogen-bond donors (Lipinski definition) is 3. The molecule has 0 aromatic heterocycles. The summed E-state index contributed by atoms with van der Waals surface area (Å²) < 4.78 is 0. The third-order valence-electron chi connectivity index (χ3n) is 5.72. The van der Waals surface area contributed by atoms with E-state index >= 15 is 0 Å². The van der Waals surface area contributed by atoms with Crippen molar-refractivity contribution in [2.75, 3.05) is 5.32 Å². The van der Waals surface area contributed by atoms with Crippen LogP contribution in [0.1, 0.15) is 22.8 Å². The van der Waals surface area contributed by atoms with E-state index in [0.29, 0.717) is 22.2 Å². The SMILES string of the molecule is CC(NC(=O)/C(=C\c1ccc([N+](=O)[O-])cc1)NC(=O)c1cccc2ccccc12)C(=O)Nc1ccccc1. The van der Waals surface area contributed by atoms with Crippen LogP contribution in [-0.2, 0) is 9.59 Å². The monoisotopic (exact) mass is 508 g/mol. The molecule has 9 heteroatoms. The number of nitrogens with zero attached hydrogens (tertiary/aromatic N) is 1. The van der Waals surface area contributed by atoms with E-state index in [-0.39, 0.29) is 11.4 Å². The lowest BCUT2D eigenvalue weighted by Crippen LogP contribution is -2.44. The van der Waals surface area contributed by atoms with Crippen molar-refractivity contribution in [3.05, 3.63) is 124 Å². The molecule has 0 spiro atoms. The molecule has 0 saturated heterocycles. The van der Waals surface area contributed by atoms with Gasteiger partial charge in [-0.25, -0.2) is 0 Å². The highest BCUT2D eigenvalue weighted by Gasteiger charge is 2.21. The van der Waals surface area contributed by atoms with Crippen LogP contribution >= 0.6 is 0 Å². The number of carbonyl (C=O) groups is 3. The summed E-state index contributed by atoms with van der Waals surface area (Å²) in [6, 6.07) is 26.0. The Morgan fingerprint density at radius 2 is 1.50 bits per heavy atom. The normalized spacial score (nSPS) is 11.9. The lowest BCUT2D eigenvalue weighted by molar-refractivity contribution is -0.384. The van der Waals surface area contributed by atoms with E-state index in [9.17, 15) is 24.5 Å². The van der Waals surface area contributed by atoms with Gasteiger partial charge in [-0.3, -0.25) is 24.5 Å². The van der Waals surface area contributed by atoms with E-state index in [4.69, 9.17) is 0 Å². The molecule has 1 unspecified atom stereocenters. The predicted octanol–water partition coefficient (Wildman–Crippen LogP) is 4.66. The molecule has 0 aliphatic carbocycles. The van der Waals surface area contributed by atoms with Crippen LogP contribution in [-0.4, -0.2) is 28.7 Å². The molecular formula is C29H24N4O5. The average Bonchev–Trinajstić information content (AvgIpc) is 2.93. The van der Waals surface area contributed by atoms with Gasteiger partial charge in [-0.05, 0) is 59.7 Å². The Labute approximate surface area is 218 Å². The maximum absolute atomic E-state index is 13.3. The van der Waals surface area contributed by atoms with E-state index in [0.717, 1.165) is 5.39 Å². The number of anilines is 1. The minimum atomic E-state index is -0.933. The van der Waals surface area contributed by atoms with Crippen LogP contribution in [0.25, 0.3) is 16.8 Å². The number of fused-ring (bicyclic) bond motifs is 1. The second-order valence-electron chi connectivity index (χ2n) is 8.44. The van der Waals surface area contributed by atoms with Crippen LogP contribution in [0.5, 0.6) is 0 Å². The minimum Gasteiger partial charge on any atom is -0.339 e. The number of para-hydroxylation sites is 1. The Morgan fingerprint density at radius 3 is 2.21 bits per heavy atom. The number of nitro groups is 1. The van der Waals surface area contributed by atoms with Gasteiger partial charge in [-0.1, -0.05) is 54.6 Å². The van der Waals surface area contributed by atoms with Crippen molar-refractivity contribution in [1.82, 2.24) is 10.6 Å². The third kappa shape index (κ3) is 6.27. The largest absolute Gasteiger partial charge is 0.339 e. The molecule has 4 aromatic carbocycles. The highest BCUT2D eigenvalue weighted by Crippen LogP contribution is 2.19. The van der Waals surface area contributed by atoms with Crippen molar-refractivity contribution in [2.24, 2.45) is 0 Å². The fourth-order valence-electron chi connectivity index (χ4n) is 3.74. The van der Waals surface area contributed by atoms with Gasteiger partial charge in [0, 0.05) is 23.4 Å².